The van der Waals surface area contributed by atoms with Gasteiger partial charge in [0, 0.05) is 4.88 Å². The summed E-state index contributed by atoms with van der Waals surface area (Å²) in [7, 11) is 0. The van der Waals surface area contributed by atoms with Crippen molar-refractivity contribution < 1.29 is 9.18 Å². The van der Waals surface area contributed by atoms with Crippen molar-refractivity contribution in [1.29, 1.82) is 0 Å². The van der Waals surface area contributed by atoms with Gasteiger partial charge in [-0.15, -0.1) is 11.3 Å². The van der Waals surface area contributed by atoms with Gasteiger partial charge < -0.3 is 11.5 Å². The predicted molar refractivity (Wildman–Crippen MR) is 107 cm³/mol. The summed E-state index contributed by atoms with van der Waals surface area (Å²) < 4.78 is 13.1. The zero-order valence-electron chi connectivity index (χ0n) is 13.5. The molecule has 1 heterocycles. The molecule has 0 spiro atoms. The number of anilines is 2. The van der Waals surface area contributed by atoms with Crippen molar-refractivity contribution in [2.45, 2.75) is 0 Å². The van der Waals surface area contributed by atoms with Crippen LogP contribution in [0.1, 0.15) is 10.4 Å². The van der Waals surface area contributed by atoms with Gasteiger partial charge in [-0.25, -0.2) is 9.40 Å². The fourth-order valence-electron chi connectivity index (χ4n) is 2.33. The monoisotopic (exact) mass is 386 g/mol. The van der Waals surface area contributed by atoms with Gasteiger partial charge in [-0.1, -0.05) is 30.3 Å². The molecule has 0 atom stereocenters. The highest BCUT2D eigenvalue weighted by atomic mass is 32.1. The van der Waals surface area contributed by atoms with Gasteiger partial charge in [0.1, 0.15) is 5.82 Å². The van der Waals surface area contributed by atoms with Crippen LogP contribution in [0.15, 0.2) is 60.7 Å². The highest BCUT2D eigenvalue weighted by Crippen LogP contribution is 2.33. The minimum atomic E-state index is -0.460. The molecule has 0 saturated carbocycles. The second-order valence-electron chi connectivity index (χ2n) is 5.35. The molecule has 0 aliphatic heterocycles. The lowest BCUT2D eigenvalue weighted by Crippen LogP contribution is -2.49. The number of hydrazine groups is 1. The molecular weight excluding hydrogens is 371 g/mol. The lowest BCUT2D eigenvalue weighted by atomic mass is 10.1. The number of benzene rings is 2. The fraction of sp³-hybridized carbons (Fsp3) is 0. The average Bonchev–Trinajstić information content (AvgIpc) is 3.03. The smallest absolute Gasteiger partial charge is 0.273 e. The van der Waals surface area contributed by atoms with E-state index in [1.54, 1.807) is 6.07 Å². The molecule has 0 fully saturated rings. The van der Waals surface area contributed by atoms with E-state index >= 15 is 0 Å². The molecule has 5 nitrogen and oxygen atoms in total. The van der Waals surface area contributed by atoms with E-state index in [4.69, 9.17) is 23.7 Å². The first-order valence-electron chi connectivity index (χ1n) is 7.56. The lowest BCUT2D eigenvalue weighted by Gasteiger charge is -2.23. The van der Waals surface area contributed by atoms with Crippen LogP contribution in [0.2, 0.25) is 0 Å². The predicted octanol–water partition coefficient (Wildman–Crippen LogP) is 3.53. The number of carbonyl (C=O) groups is 1. The first-order chi connectivity index (χ1) is 12.5. The fourth-order valence-corrected chi connectivity index (χ4v) is 3.41. The van der Waals surface area contributed by atoms with Crippen LogP contribution in [0.25, 0.3) is 10.4 Å². The second kappa shape index (κ2) is 7.51. The number of nitrogens with two attached hydrogens (primary N) is 2. The number of thiophene rings is 1. The number of amides is 1. The zero-order valence-corrected chi connectivity index (χ0v) is 15.1. The van der Waals surface area contributed by atoms with Crippen LogP contribution in [0.3, 0.4) is 0 Å². The van der Waals surface area contributed by atoms with E-state index in [9.17, 15) is 9.18 Å². The van der Waals surface area contributed by atoms with Gasteiger partial charge >= 0.3 is 0 Å². The number of nitrogens with zero attached hydrogens (tertiary/aromatic N) is 1. The van der Waals surface area contributed by atoms with Crippen molar-refractivity contribution in [3.05, 3.63) is 72.0 Å². The molecule has 8 heteroatoms. The van der Waals surface area contributed by atoms with E-state index in [0.717, 1.165) is 10.4 Å². The number of rotatable bonds is 3. The molecular formula is C18H15FN4OS2. The van der Waals surface area contributed by atoms with Crippen molar-refractivity contribution >= 4 is 45.3 Å². The van der Waals surface area contributed by atoms with E-state index in [0.29, 0.717) is 16.3 Å². The highest BCUT2D eigenvalue weighted by molar-refractivity contribution is 7.80. The lowest BCUT2D eigenvalue weighted by molar-refractivity contribution is 0.0956. The molecule has 0 saturated heterocycles. The maximum absolute atomic E-state index is 13.1. The maximum atomic E-state index is 13.1. The van der Waals surface area contributed by atoms with E-state index in [1.807, 2.05) is 30.3 Å². The minimum absolute atomic E-state index is 0.0814. The van der Waals surface area contributed by atoms with Crippen LogP contribution in [0, 0.1) is 5.82 Å². The summed E-state index contributed by atoms with van der Waals surface area (Å²) in [6.07, 6.45) is 0. The van der Waals surface area contributed by atoms with E-state index in [2.05, 4.69) is 5.43 Å². The summed E-state index contributed by atoms with van der Waals surface area (Å²) in [5.41, 5.74) is 16.0. The third-order valence-electron chi connectivity index (χ3n) is 3.58. The van der Waals surface area contributed by atoms with Crippen molar-refractivity contribution in [3.63, 3.8) is 0 Å². The van der Waals surface area contributed by atoms with Crippen LogP contribution < -0.4 is 21.9 Å². The molecule has 26 heavy (non-hydrogen) atoms. The molecule has 1 aromatic heterocycles. The summed E-state index contributed by atoms with van der Waals surface area (Å²) in [4.78, 5) is 13.5. The van der Waals surface area contributed by atoms with Crippen LogP contribution in [-0.4, -0.2) is 11.0 Å². The van der Waals surface area contributed by atoms with Gasteiger partial charge in [0.05, 0.1) is 16.3 Å². The molecule has 0 bridgehead atoms. The summed E-state index contributed by atoms with van der Waals surface area (Å²) >= 11 is 6.30. The molecule has 0 unspecified atom stereocenters. The number of thiocarbonyl (C=S) groups is 1. The quantitative estimate of drug-likeness (QED) is 0.474. The Morgan fingerprint density at radius 1 is 1.12 bits per heavy atom. The van der Waals surface area contributed by atoms with Crippen molar-refractivity contribution in [2.75, 3.05) is 10.7 Å². The summed E-state index contributed by atoms with van der Waals surface area (Å²) in [6.45, 7) is 0. The van der Waals surface area contributed by atoms with Crippen LogP contribution in [-0.2, 0) is 0 Å². The summed E-state index contributed by atoms with van der Waals surface area (Å²) in [5, 5.41) is 1.50. The van der Waals surface area contributed by atoms with E-state index < -0.39 is 11.7 Å². The maximum Gasteiger partial charge on any atom is 0.273 e. The first kappa shape index (κ1) is 17.8. The standard InChI is InChI=1S/C18H15FN4OS2/c19-12-6-8-13(9-7-12)23(18(21)25)22-17(24)14-10-15(26-16(14)20)11-4-2-1-3-5-11/h1-10H,20H2,(H2,21,25)(H,22,24). The number of hydrogen-bond donors (Lipinski definition) is 3. The Kier molecular flexibility index (Phi) is 5.15. The molecule has 1 amide bonds. The topological polar surface area (TPSA) is 84.4 Å². The Morgan fingerprint density at radius 2 is 1.77 bits per heavy atom. The number of nitrogens with one attached hydrogen (secondary N) is 1. The van der Waals surface area contributed by atoms with Gasteiger partial charge in [0.2, 0.25) is 0 Å². The van der Waals surface area contributed by atoms with E-state index in [1.165, 1.54) is 40.6 Å². The molecule has 0 radical (unpaired) electrons. The summed E-state index contributed by atoms with van der Waals surface area (Å²) in [5.74, 6) is -0.865. The van der Waals surface area contributed by atoms with Crippen LogP contribution >= 0.6 is 23.6 Å². The number of hydrogen-bond acceptors (Lipinski definition) is 4. The van der Waals surface area contributed by atoms with Gasteiger partial charge in [-0.05, 0) is 48.1 Å². The average molecular weight is 386 g/mol. The Hall–Kier alpha value is -2.97. The summed E-state index contributed by atoms with van der Waals surface area (Å²) in [6, 6.07) is 16.7. The van der Waals surface area contributed by atoms with Crippen molar-refractivity contribution in [2.24, 2.45) is 5.73 Å². The Labute approximate surface area is 159 Å². The van der Waals surface area contributed by atoms with Crippen molar-refractivity contribution in [1.82, 2.24) is 5.43 Å². The zero-order chi connectivity index (χ0) is 18.7. The van der Waals surface area contributed by atoms with Gasteiger partial charge in [0.25, 0.3) is 5.91 Å². The van der Waals surface area contributed by atoms with Crippen molar-refractivity contribution in [3.8, 4) is 10.4 Å². The number of halogens is 1. The Morgan fingerprint density at radius 3 is 2.38 bits per heavy atom. The SMILES string of the molecule is NC(=S)N(NC(=O)c1cc(-c2ccccc2)sc1N)c1ccc(F)cc1. The minimum Gasteiger partial charge on any atom is -0.390 e. The van der Waals surface area contributed by atoms with Gasteiger partial charge in [-0.3, -0.25) is 10.2 Å². The third kappa shape index (κ3) is 3.81. The van der Waals surface area contributed by atoms with Crippen LogP contribution in [0.4, 0.5) is 15.1 Å². The normalized spacial score (nSPS) is 10.3. The number of nitrogen functional groups attached to an aromatic ring is 1. The molecule has 2 aromatic carbocycles. The largest absolute Gasteiger partial charge is 0.390 e. The molecule has 5 N–H and O–H groups in total. The Bertz CT molecular complexity index is 942. The molecule has 0 aliphatic rings. The first-order valence-corrected chi connectivity index (χ1v) is 8.79. The Balaban J connectivity index is 1.85. The van der Waals surface area contributed by atoms with Gasteiger partial charge in [-0.2, -0.15) is 0 Å². The van der Waals surface area contributed by atoms with E-state index in [-0.39, 0.29) is 5.11 Å². The number of carbonyl (C=O) groups excluding carboxylic acids is 1. The molecule has 3 rings (SSSR count). The van der Waals surface area contributed by atoms with Crippen LogP contribution in [0.5, 0.6) is 0 Å². The highest BCUT2D eigenvalue weighted by Gasteiger charge is 2.19. The molecule has 132 valence electrons. The van der Waals surface area contributed by atoms with Gasteiger partial charge in [0.15, 0.2) is 5.11 Å². The second-order valence-corrected chi connectivity index (χ2v) is 6.85. The third-order valence-corrected chi connectivity index (χ3v) is 4.78. The molecule has 0 aliphatic carbocycles. The molecule has 3 aromatic rings.